The fraction of sp³-hybridized carbons (Fsp3) is 0.571. The molecule has 5 nitrogen and oxygen atoms in total. The Morgan fingerprint density at radius 2 is 1.78 bits per heavy atom. The van der Waals surface area contributed by atoms with Gasteiger partial charge in [-0.3, -0.25) is 0 Å². The van der Waals surface area contributed by atoms with E-state index in [-0.39, 0.29) is 35.5 Å². The molecule has 0 spiro atoms. The van der Waals surface area contributed by atoms with Gasteiger partial charge in [-0.2, -0.15) is 0 Å². The number of anilines is 1. The van der Waals surface area contributed by atoms with Gasteiger partial charge in [0.25, 0.3) is 0 Å². The number of ether oxygens (including phenoxy) is 1. The van der Waals surface area contributed by atoms with Gasteiger partial charge in [-0.05, 0) is 30.0 Å². The first-order chi connectivity index (χ1) is 12.4. The minimum Gasteiger partial charge on any atom is -0.379 e. The number of guanidine groups is 1. The summed E-state index contributed by atoms with van der Waals surface area (Å²) in [6, 6.07) is 8.68. The Balaban J connectivity index is 0.00000364. The molecule has 1 aromatic rings. The first kappa shape index (κ1) is 23.8. The Bertz CT molecular complexity index is 600. The quantitative estimate of drug-likeness (QED) is 0.267. The summed E-state index contributed by atoms with van der Waals surface area (Å²) in [6.45, 7) is 12.8. The highest BCUT2D eigenvalue weighted by Gasteiger charge is 2.24. The number of nitrogens with zero attached hydrogens (tertiary/aromatic N) is 2. The number of rotatable bonds is 7. The van der Waals surface area contributed by atoms with Crippen LogP contribution in [0.5, 0.6) is 0 Å². The van der Waals surface area contributed by atoms with Gasteiger partial charge in [-0.25, -0.2) is 4.99 Å². The SMILES string of the molecule is CCNC(=NCc1ccc(N2CC=CC2)cc1)NCC(OC)C(C)(C)C.I. The Labute approximate surface area is 181 Å². The second kappa shape index (κ2) is 11.5. The molecule has 0 aliphatic carbocycles. The first-order valence-corrected chi connectivity index (χ1v) is 9.48. The molecule has 0 fully saturated rings. The molecule has 2 rings (SSSR count). The molecule has 2 N–H and O–H groups in total. The zero-order valence-corrected chi connectivity index (χ0v) is 19.6. The minimum absolute atomic E-state index is 0. The van der Waals surface area contributed by atoms with Crippen molar-refractivity contribution < 1.29 is 4.74 Å². The fourth-order valence-corrected chi connectivity index (χ4v) is 2.95. The normalized spacial score (nSPS) is 15.4. The van der Waals surface area contributed by atoms with Crippen molar-refractivity contribution in [2.75, 3.05) is 38.2 Å². The Kier molecular flexibility index (Phi) is 10.2. The third-order valence-corrected chi connectivity index (χ3v) is 4.59. The average molecular weight is 486 g/mol. The van der Waals surface area contributed by atoms with Gasteiger partial charge in [0.2, 0.25) is 0 Å². The number of aliphatic imine (C=N–C) groups is 1. The van der Waals surface area contributed by atoms with Crippen LogP contribution < -0.4 is 15.5 Å². The number of methoxy groups -OCH3 is 1. The lowest BCUT2D eigenvalue weighted by Gasteiger charge is -2.30. The van der Waals surface area contributed by atoms with Gasteiger partial charge in [-0.15, -0.1) is 24.0 Å². The van der Waals surface area contributed by atoms with Crippen molar-refractivity contribution >= 4 is 35.6 Å². The second-order valence-electron chi connectivity index (χ2n) is 7.71. The maximum atomic E-state index is 5.61. The summed E-state index contributed by atoms with van der Waals surface area (Å²) in [6.07, 6.45) is 4.54. The van der Waals surface area contributed by atoms with Gasteiger partial charge in [0, 0.05) is 39.0 Å². The van der Waals surface area contributed by atoms with E-state index in [0.717, 1.165) is 32.1 Å². The molecule has 0 saturated heterocycles. The van der Waals surface area contributed by atoms with Crippen LogP contribution in [0.25, 0.3) is 0 Å². The largest absolute Gasteiger partial charge is 0.379 e. The van der Waals surface area contributed by atoms with E-state index in [1.807, 2.05) is 0 Å². The maximum Gasteiger partial charge on any atom is 0.191 e. The van der Waals surface area contributed by atoms with Gasteiger partial charge >= 0.3 is 0 Å². The van der Waals surface area contributed by atoms with Crippen LogP contribution in [-0.2, 0) is 11.3 Å². The molecule has 1 aliphatic heterocycles. The highest BCUT2D eigenvalue weighted by Crippen LogP contribution is 2.21. The predicted molar refractivity (Wildman–Crippen MR) is 126 cm³/mol. The predicted octanol–water partition coefficient (Wildman–Crippen LogP) is 3.80. The second-order valence-corrected chi connectivity index (χ2v) is 7.71. The number of benzene rings is 1. The van der Waals surface area contributed by atoms with E-state index in [1.165, 1.54) is 11.3 Å². The van der Waals surface area contributed by atoms with Crippen molar-refractivity contribution in [3.05, 3.63) is 42.0 Å². The third-order valence-electron chi connectivity index (χ3n) is 4.59. The monoisotopic (exact) mass is 486 g/mol. The topological polar surface area (TPSA) is 48.9 Å². The van der Waals surface area contributed by atoms with Crippen LogP contribution in [0.1, 0.15) is 33.3 Å². The Morgan fingerprint density at radius 1 is 1.15 bits per heavy atom. The van der Waals surface area contributed by atoms with Gasteiger partial charge < -0.3 is 20.3 Å². The van der Waals surface area contributed by atoms with Gasteiger partial charge in [0.05, 0.1) is 12.6 Å². The van der Waals surface area contributed by atoms with Crippen molar-refractivity contribution in [3.63, 3.8) is 0 Å². The molecule has 1 aromatic carbocycles. The molecule has 0 saturated carbocycles. The zero-order chi connectivity index (χ0) is 19.0. The van der Waals surface area contributed by atoms with E-state index in [2.05, 4.69) is 79.6 Å². The van der Waals surface area contributed by atoms with E-state index in [9.17, 15) is 0 Å². The third kappa shape index (κ3) is 7.70. The molecule has 1 heterocycles. The lowest BCUT2D eigenvalue weighted by Crippen LogP contribution is -2.45. The van der Waals surface area contributed by atoms with Gasteiger partial charge in [-0.1, -0.05) is 45.1 Å². The number of nitrogens with one attached hydrogen (secondary N) is 2. The smallest absolute Gasteiger partial charge is 0.191 e. The van der Waals surface area contributed by atoms with Crippen molar-refractivity contribution in [2.24, 2.45) is 10.4 Å². The summed E-state index contributed by atoms with van der Waals surface area (Å²) in [5, 5.41) is 6.71. The van der Waals surface area contributed by atoms with E-state index < -0.39 is 0 Å². The summed E-state index contributed by atoms with van der Waals surface area (Å²) >= 11 is 0. The Morgan fingerprint density at radius 3 is 2.30 bits per heavy atom. The van der Waals surface area contributed by atoms with Crippen molar-refractivity contribution in [1.82, 2.24) is 10.6 Å². The molecule has 1 aliphatic rings. The highest BCUT2D eigenvalue weighted by atomic mass is 127. The van der Waals surface area contributed by atoms with E-state index in [4.69, 9.17) is 9.73 Å². The van der Waals surface area contributed by atoms with E-state index >= 15 is 0 Å². The van der Waals surface area contributed by atoms with Crippen LogP contribution in [0.3, 0.4) is 0 Å². The fourth-order valence-electron chi connectivity index (χ4n) is 2.95. The van der Waals surface area contributed by atoms with E-state index in [0.29, 0.717) is 6.54 Å². The Hall–Kier alpha value is -1.28. The van der Waals surface area contributed by atoms with Gasteiger partial charge in [0.1, 0.15) is 0 Å². The summed E-state index contributed by atoms with van der Waals surface area (Å²) in [7, 11) is 1.76. The summed E-state index contributed by atoms with van der Waals surface area (Å²) in [5.74, 6) is 0.826. The zero-order valence-electron chi connectivity index (χ0n) is 17.3. The van der Waals surface area contributed by atoms with Gasteiger partial charge in [0.15, 0.2) is 5.96 Å². The average Bonchev–Trinajstić information content (AvgIpc) is 3.14. The van der Waals surface area contributed by atoms with Crippen molar-refractivity contribution in [3.8, 4) is 0 Å². The molecule has 0 bridgehead atoms. The number of hydrogen-bond acceptors (Lipinski definition) is 3. The summed E-state index contributed by atoms with van der Waals surface area (Å²) < 4.78 is 5.61. The molecular formula is C21H35IN4O. The molecular weight excluding hydrogens is 451 g/mol. The lowest BCUT2D eigenvalue weighted by molar-refractivity contribution is 0.0205. The molecule has 0 aromatic heterocycles. The van der Waals surface area contributed by atoms with Crippen LogP contribution in [0.2, 0.25) is 0 Å². The van der Waals surface area contributed by atoms with Crippen LogP contribution >= 0.6 is 24.0 Å². The number of hydrogen-bond donors (Lipinski definition) is 2. The lowest BCUT2D eigenvalue weighted by atomic mass is 9.89. The molecule has 152 valence electrons. The van der Waals surface area contributed by atoms with Crippen molar-refractivity contribution in [1.29, 1.82) is 0 Å². The van der Waals surface area contributed by atoms with Crippen LogP contribution in [-0.4, -0.2) is 45.4 Å². The molecule has 1 atom stereocenters. The molecule has 6 heteroatoms. The van der Waals surface area contributed by atoms with E-state index in [1.54, 1.807) is 7.11 Å². The van der Waals surface area contributed by atoms with Crippen molar-refractivity contribution in [2.45, 2.75) is 40.3 Å². The maximum absolute atomic E-state index is 5.61. The highest BCUT2D eigenvalue weighted by molar-refractivity contribution is 14.0. The molecule has 1 unspecified atom stereocenters. The molecule has 0 radical (unpaired) electrons. The number of halogens is 1. The van der Waals surface area contributed by atoms with Crippen LogP contribution in [0.4, 0.5) is 5.69 Å². The van der Waals surface area contributed by atoms with Crippen LogP contribution in [0.15, 0.2) is 41.4 Å². The molecule has 0 amide bonds. The standard InChI is InChI=1S/C21H34N4O.HI/c1-6-22-20(24-16-19(26-5)21(2,3)4)23-15-17-9-11-18(12-10-17)25-13-7-8-14-25;/h7-12,19H,6,13-16H2,1-5H3,(H2,22,23,24);1H. The first-order valence-electron chi connectivity index (χ1n) is 9.48. The summed E-state index contributed by atoms with van der Waals surface area (Å²) in [5.41, 5.74) is 2.55. The summed E-state index contributed by atoms with van der Waals surface area (Å²) in [4.78, 5) is 7.06. The molecule has 27 heavy (non-hydrogen) atoms. The minimum atomic E-state index is 0. The van der Waals surface area contributed by atoms with Crippen LogP contribution in [0, 0.1) is 5.41 Å².